The Hall–Kier alpha value is -2.10. The van der Waals surface area contributed by atoms with E-state index < -0.39 is 0 Å². The first-order valence-corrected chi connectivity index (χ1v) is 8.57. The number of anilines is 1. The van der Waals surface area contributed by atoms with Crippen molar-refractivity contribution in [1.82, 2.24) is 9.88 Å². The van der Waals surface area contributed by atoms with Crippen LogP contribution in [0.1, 0.15) is 37.8 Å². The summed E-state index contributed by atoms with van der Waals surface area (Å²) < 4.78 is 0. The van der Waals surface area contributed by atoms with Gasteiger partial charge in [-0.05, 0) is 37.3 Å². The number of benzene rings is 1. The zero-order valence-corrected chi connectivity index (χ0v) is 13.5. The Morgan fingerprint density at radius 3 is 2.65 bits per heavy atom. The van der Waals surface area contributed by atoms with Crippen LogP contribution >= 0.6 is 0 Å². The Balaban J connectivity index is 1.50. The van der Waals surface area contributed by atoms with Crippen molar-refractivity contribution in [3.8, 4) is 0 Å². The van der Waals surface area contributed by atoms with E-state index in [1.807, 2.05) is 35.2 Å². The van der Waals surface area contributed by atoms with Crippen LogP contribution in [0.4, 0.5) is 5.69 Å². The van der Waals surface area contributed by atoms with Gasteiger partial charge < -0.3 is 10.6 Å². The number of carbonyl (C=O) groups excluding carboxylic acids is 1. The van der Waals surface area contributed by atoms with E-state index in [9.17, 15) is 4.79 Å². The predicted octanol–water partition coefficient (Wildman–Crippen LogP) is 3.18. The molecule has 4 nitrogen and oxygen atoms in total. The molecule has 1 amide bonds. The Kier molecular flexibility index (Phi) is 3.47. The van der Waals surface area contributed by atoms with Gasteiger partial charge in [0.25, 0.3) is 0 Å². The van der Waals surface area contributed by atoms with Crippen LogP contribution in [-0.4, -0.2) is 28.9 Å². The van der Waals surface area contributed by atoms with Gasteiger partial charge in [0, 0.05) is 30.3 Å². The first-order valence-electron chi connectivity index (χ1n) is 8.57. The normalized spacial score (nSPS) is 24.8. The Labute approximate surface area is 136 Å². The Morgan fingerprint density at radius 1 is 1.26 bits per heavy atom. The average molecular weight is 309 g/mol. The van der Waals surface area contributed by atoms with Crippen molar-refractivity contribution in [3.63, 3.8) is 0 Å². The highest BCUT2D eigenvalue weighted by Crippen LogP contribution is 2.40. The minimum Gasteiger partial charge on any atom is -0.397 e. The number of rotatable bonds is 2. The van der Waals surface area contributed by atoms with Gasteiger partial charge in [-0.15, -0.1) is 0 Å². The molecule has 0 bridgehead atoms. The lowest BCUT2D eigenvalue weighted by Gasteiger charge is -2.32. The number of nitrogen functional groups attached to an aromatic ring is 1. The standard InChI is InChI=1S/C19H23N3O/c1-12-10-15(12)19(23)22-8-6-13(7-9-22)18-16(20)11-14-4-2-3-5-17(14)21-18/h2-5,11-13,15H,6-10,20H2,1H3/t12-,15+/m0/s1. The summed E-state index contributed by atoms with van der Waals surface area (Å²) in [6.07, 6.45) is 2.99. The van der Waals surface area contributed by atoms with Crippen molar-refractivity contribution in [1.29, 1.82) is 0 Å². The third-order valence-electron chi connectivity index (χ3n) is 5.40. The number of hydrogen-bond acceptors (Lipinski definition) is 3. The number of para-hydroxylation sites is 1. The molecule has 0 radical (unpaired) electrons. The van der Waals surface area contributed by atoms with Crippen LogP contribution in [0.2, 0.25) is 0 Å². The lowest BCUT2D eigenvalue weighted by atomic mass is 9.91. The maximum absolute atomic E-state index is 12.3. The highest BCUT2D eigenvalue weighted by Gasteiger charge is 2.42. The van der Waals surface area contributed by atoms with Crippen LogP contribution in [0.25, 0.3) is 10.9 Å². The number of likely N-dealkylation sites (tertiary alicyclic amines) is 1. The van der Waals surface area contributed by atoms with Crippen molar-refractivity contribution in [2.75, 3.05) is 18.8 Å². The van der Waals surface area contributed by atoms with Gasteiger partial charge in [-0.3, -0.25) is 9.78 Å². The number of amides is 1. The quantitative estimate of drug-likeness (QED) is 0.927. The number of aromatic nitrogens is 1. The minimum absolute atomic E-state index is 0.287. The fourth-order valence-corrected chi connectivity index (χ4v) is 3.75. The molecule has 1 aliphatic carbocycles. The SMILES string of the molecule is C[C@H]1C[C@H]1C(=O)N1CCC(c2nc3ccccc3cc2N)CC1. The second kappa shape index (κ2) is 5.52. The predicted molar refractivity (Wildman–Crippen MR) is 92.0 cm³/mol. The second-order valence-electron chi connectivity index (χ2n) is 7.07. The fourth-order valence-electron chi connectivity index (χ4n) is 3.75. The summed E-state index contributed by atoms with van der Waals surface area (Å²) in [5.41, 5.74) is 9.04. The number of nitrogens with zero attached hydrogens (tertiary/aromatic N) is 2. The van der Waals surface area contributed by atoms with Crippen LogP contribution in [0, 0.1) is 11.8 Å². The van der Waals surface area contributed by atoms with E-state index in [4.69, 9.17) is 10.7 Å². The van der Waals surface area contributed by atoms with Gasteiger partial charge >= 0.3 is 0 Å². The molecule has 4 rings (SSSR count). The van der Waals surface area contributed by atoms with Crippen molar-refractivity contribution in [2.45, 2.75) is 32.1 Å². The van der Waals surface area contributed by atoms with Crippen molar-refractivity contribution in [3.05, 3.63) is 36.0 Å². The Morgan fingerprint density at radius 2 is 1.96 bits per heavy atom. The first kappa shape index (κ1) is 14.5. The summed E-state index contributed by atoms with van der Waals surface area (Å²) in [6, 6.07) is 10.1. The zero-order valence-electron chi connectivity index (χ0n) is 13.5. The van der Waals surface area contributed by atoms with E-state index in [-0.39, 0.29) is 5.92 Å². The highest BCUT2D eigenvalue weighted by atomic mass is 16.2. The molecule has 2 aromatic rings. The summed E-state index contributed by atoms with van der Waals surface area (Å²) >= 11 is 0. The van der Waals surface area contributed by atoms with Gasteiger partial charge in [0.1, 0.15) is 0 Å². The Bertz CT molecular complexity index is 749. The second-order valence-corrected chi connectivity index (χ2v) is 7.07. The molecule has 2 heterocycles. The van der Waals surface area contributed by atoms with Crippen LogP contribution in [0.15, 0.2) is 30.3 Å². The molecule has 2 aliphatic rings. The molecule has 1 saturated heterocycles. The topological polar surface area (TPSA) is 59.2 Å². The lowest BCUT2D eigenvalue weighted by Crippen LogP contribution is -2.39. The van der Waals surface area contributed by atoms with E-state index in [1.54, 1.807) is 0 Å². The molecular formula is C19H23N3O. The summed E-state index contributed by atoms with van der Waals surface area (Å²) in [4.78, 5) is 19.2. The average Bonchev–Trinajstić information content (AvgIpc) is 3.30. The van der Waals surface area contributed by atoms with Crippen LogP contribution in [0.5, 0.6) is 0 Å². The first-order chi connectivity index (χ1) is 11.1. The minimum atomic E-state index is 0.287. The summed E-state index contributed by atoms with van der Waals surface area (Å²) in [7, 11) is 0. The fraction of sp³-hybridized carbons (Fsp3) is 0.474. The largest absolute Gasteiger partial charge is 0.397 e. The van der Waals surface area contributed by atoms with Crippen LogP contribution in [0.3, 0.4) is 0 Å². The molecule has 23 heavy (non-hydrogen) atoms. The van der Waals surface area contributed by atoms with E-state index in [0.29, 0.717) is 17.7 Å². The molecule has 0 spiro atoms. The molecule has 120 valence electrons. The van der Waals surface area contributed by atoms with Gasteiger partial charge in [-0.1, -0.05) is 25.1 Å². The van der Waals surface area contributed by atoms with Gasteiger partial charge in [0.05, 0.1) is 16.9 Å². The summed E-state index contributed by atoms with van der Waals surface area (Å²) in [5, 5.41) is 1.09. The maximum Gasteiger partial charge on any atom is 0.225 e. The van der Waals surface area contributed by atoms with E-state index in [1.165, 1.54) is 0 Å². The molecule has 0 unspecified atom stereocenters. The molecular weight excluding hydrogens is 286 g/mol. The van der Waals surface area contributed by atoms with Crippen LogP contribution in [-0.2, 0) is 4.79 Å². The molecule has 1 aliphatic heterocycles. The monoisotopic (exact) mass is 309 g/mol. The van der Waals surface area contributed by atoms with Gasteiger partial charge in [-0.25, -0.2) is 0 Å². The zero-order chi connectivity index (χ0) is 16.0. The molecule has 1 aromatic heterocycles. The van der Waals surface area contributed by atoms with E-state index >= 15 is 0 Å². The number of hydrogen-bond donors (Lipinski definition) is 1. The molecule has 2 fully saturated rings. The molecule has 4 heteroatoms. The lowest BCUT2D eigenvalue weighted by molar-refractivity contribution is -0.133. The summed E-state index contributed by atoms with van der Waals surface area (Å²) in [5.74, 6) is 1.59. The number of fused-ring (bicyclic) bond motifs is 1. The maximum atomic E-state index is 12.3. The third-order valence-corrected chi connectivity index (χ3v) is 5.40. The van der Waals surface area contributed by atoms with Crippen LogP contribution < -0.4 is 5.73 Å². The van der Waals surface area contributed by atoms with Gasteiger partial charge in [0.15, 0.2) is 0 Å². The van der Waals surface area contributed by atoms with Crippen molar-refractivity contribution >= 4 is 22.5 Å². The third kappa shape index (κ3) is 2.67. The highest BCUT2D eigenvalue weighted by molar-refractivity contribution is 5.83. The summed E-state index contributed by atoms with van der Waals surface area (Å²) in [6.45, 7) is 3.83. The molecule has 1 saturated carbocycles. The molecule has 2 N–H and O–H groups in total. The molecule has 2 atom stereocenters. The van der Waals surface area contributed by atoms with Crippen molar-refractivity contribution in [2.24, 2.45) is 11.8 Å². The smallest absolute Gasteiger partial charge is 0.225 e. The van der Waals surface area contributed by atoms with Gasteiger partial charge in [-0.2, -0.15) is 0 Å². The number of pyridine rings is 1. The van der Waals surface area contributed by atoms with Crippen molar-refractivity contribution < 1.29 is 4.79 Å². The molecule has 1 aromatic carbocycles. The number of piperidine rings is 1. The van der Waals surface area contributed by atoms with E-state index in [2.05, 4.69) is 6.92 Å². The number of carbonyl (C=O) groups is 1. The number of nitrogens with two attached hydrogens (primary N) is 1. The van der Waals surface area contributed by atoms with Gasteiger partial charge in [0.2, 0.25) is 5.91 Å². The van der Waals surface area contributed by atoms with E-state index in [0.717, 1.165) is 54.6 Å².